The summed E-state index contributed by atoms with van der Waals surface area (Å²) in [6.45, 7) is -0.189. The average Bonchev–Trinajstić information content (AvgIpc) is 3.41. The largest absolute Gasteiger partial charge is 0.451 e. The van der Waals surface area contributed by atoms with Gasteiger partial charge in [0.15, 0.2) is 0 Å². The smallest absolute Gasteiger partial charge is 0.349 e. The molecule has 1 aromatic carbocycles. The standard InChI is InChI=1S/C23H18F5N5O3S/c24-14-1-3-17(4-2-14)37(35,36)33-16-5-12(6-16)20(33)21(34)30-10-15-7-18(19(25)11-29-15)13-8-31-22(32-9-13)23(26,27)28/h1-4,7-9,11-12,16,20H,5-6,10H2,(H,30,34). The van der Waals surface area contributed by atoms with Crippen LogP contribution in [0.3, 0.4) is 0 Å². The summed E-state index contributed by atoms with van der Waals surface area (Å²) in [5, 5.41) is 2.62. The summed E-state index contributed by atoms with van der Waals surface area (Å²) in [5.41, 5.74) is 0.0493. The van der Waals surface area contributed by atoms with Gasteiger partial charge in [-0.25, -0.2) is 27.2 Å². The van der Waals surface area contributed by atoms with Crippen LogP contribution in [0.5, 0.6) is 0 Å². The Balaban J connectivity index is 1.32. The van der Waals surface area contributed by atoms with E-state index in [4.69, 9.17) is 0 Å². The molecule has 1 unspecified atom stereocenters. The molecule has 14 heteroatoms. The number of sulfonamides is 1. The van der Waals surface area contributed by atoms with Gasteiger partial charge in [0.25, 0.3) is 0 Å². The van der Waals surface area contributed by atoms with Crippen LogP contribution in [0.1, 0.15) is 24.4 Å². The first-order valence-electron chi connectivity index (χ1n) is 11.1. The first kappa shape index (κ1) is 25.1. The second-order valence-corrected chi connectivity index (χ2v) is 10.6. The maximum atomic E-state index is 14.3. The molecule has 2 bridgehead atoms. The normalized spacial score (nSPS) is 21.5. The summed E-state index contributed by atoms with van der Waals surface area (Å²) < 4.78 is 93.3. The van der Waals surface area contributed by atoms with Crippen LogP contribution in [0.2, 0.25) is 0 Å². The van der Waals surface area contributed by atoms with E-state index in [9.17, 15) is 35.2 Å². The molecule has 2 saturated heterocycles. The molecule has 3 aliphatic rings. The van der Waals surface area contributed by atoms with Gasteiger partial charge in [-0.15, -0.1) is 0 Å². The van der Waals surface area contributed by atoms with Crippen LogP contribution >= 0.6 is 0 Å². The van der Waals surface area contributed by atoms with Crippen molar-refractivity contribution in [3.05, 3.63) is 72.1 Å². The summed E-state index contributed by atoms with van der Waals surface area (Å²) in [7, 11) is -4.06. The molecule has 194 valence electrons. The van der Waals surface area contributed by atoms with E-state index in [1.807, 2.05) is 0 Å². The third kappa shape index (κ3) is 4.66. The lowest BCUT2D eigenvalue weighted by atomic mass is 9.83. The van der Waals surface area contributed by atoms with Gasteiger partial charge >= 0.3 is 6.18 Å². The first-order valence-corrected chi connectivity index (χ1v) is 12.5. The van der Waals surface area contributed by atoms with E-state index >= 15 is 0 Å². The highest BCUT2D eigenvalue weighted by Crippen LogP contribution is 2.48. The summed E-state index contributed by atoms with van der Waals surface area (Å²) in [4.78, 5) is 23.3. The SMILES string of the molecule is O=C(NCc1cc(-c2cnc(C(F)(F)F)nc2)c(F)cn1)C1C2CC(C2)N1S(=O)(=O)c1ccc(F)cc1. The molecule has 4 heterocycles. The van der Waals surface area contributed by atoms with Gasteiger partial charge in [0.2, 0.25) is 21.8 Å². The number of carbonyl (C=O) groups excluding carboxylic acids is 1. The predicted octanol–water partition coefficient (Wildman–Crippen LogP) is 3.30. The molecule has 8 nitrogen and oxygen atoms in total. The lowest BCUT2D eigenvalue weighted by Crippen LogP contribution is -2.46. The van der Waals surface area contributed by atoms with Gasteiger partial charge in [0.05, 0.1) is 23.3 Å². The number of rotatable bonds is 6. The zero-order chi connectivity index (χ0) is 26.5. The molecule has 1 N–H and O–H groups in total. The molecule has 2 aromatic heterocycles. The summed E-state index contributed by atoms with van der Waals surface area (Å²) in [5.74, 6) is -3.53. The predicted molar refractivity (Wildman–Crippen MR) is 118 cm³/mol. The highest BCUT2D eigenvalue weighted by Gasteiger charge is 2.58. The molecule has 1 amide bonds. The number of nitrogens with one attached hydrogen (secondary N) is 1. The van der Waals surface area contributed by atoms with Gasteiger partial charge in [-0.1, -0.05) is 0 Å². The monoisotopic (exact) mass is 539 g/mol. The zero-order valence-corrected chi connectivity index (χ0v) is 19.6. The molecule has 0 radical (unpaired) electrons. The Labute approximate surface area is 207 Å². The van der Waals surface area contributed by atoms with Crippen molar-refractivity contribution >= 4 is 15.9 Å². The van der Waals surface area contributed by atoms with Crippen molar-refractivity contribution < 1.29 is 35.2 Å². The fraction of sp³-hybridized carbons (Fsp3) is 0.304. The van der Waals surface area contributed by atoms with E-state index in [0.717, 1.165) is 47.2 Å². The fourth-order valence-electron chi connectivity index (χ4n) is 4.63. The van der Waals surface area contributed by atoms with Gasteiger partial charge in [-0.2, -0.15) is 17.5 Å². The summed E-state index contributed by atoms with van der Waals surface area (Å²) >= 11 is 0. The summed E-state index contributed by atoms with van der Waals surface area (Å²) in [6.07, 6.45) is -1.19. The van der Waals surface area contributed by atoms with Crippen molar-refractivity contribution in [3.63, 3.8) is 0 Å². The molecule has 37 heavy (non-hydrogen) atoms. The van der Waals surface area contributed by atoms with Crippen molar-refractivity contribution in [2.75, 3.05) is 0 Å². The van der Waals surface area contributed by atoms with E-state index in [1.165, 1.54) is 6.07 Å². The third-order valence-corrected chi connectivity index (χ3v) is 8.41. The quantitative estimate of drug-likeness (QED) is 0.482. The minimum atomic E-state index is -4.75. The van der Waals surface area contributed by atoms with E-state index < -0.39 is 45.6 Å². The maximum Gasteiger partial charge on any atom is 0.451 e. The molecule has 6 rings (SSSR count). The van der Waals surface area contributed by atoms with E-state index in [2.05, 4.69) is 20.3 Å². The number of amides is 1. The molecular formula is C23H18F5N5O3S. The van der Waals surface area contributed by atoms with Crippen LogP contribution in [0.25, 0.3) is 11.1 Å². The number of alkyl halides is 3. The van der Waals surface area contributed by atoms with E-state index in [1.54, 1.807) is 0 Å². The molecule has 3 fully saturated rings. The van der Waals surface area contributed by atoms with Crippen molar-refractivity contribution in [3.8, 4) is 11.1 Å². The van der Waals surface area contributed by atoms with Gasteiger partial charge < -0.3 is 5.32 Å². The number of hydrogen-bond acceptors (Lipinski definition) is 6. The van der Waals surface area contributed by atoms with Crippen LogP contribution in [-0.2, 0) is 27.5 Å². The molecule has 0 spiro atoms. The Morgan fingerprint density at radius 3 is 2.30 bits per heavy atom. The van der Waals surface area contributed by atoms with Crippen LogP contribution < -0.4 is 5.32 Å². The second-order valence-electron chi connectivity index (χ2n) is 8.79. The Morgan fingerprint density at radius 2 is 1.68 bits per heavy atom. The number of halogens is 5. The summed E-state index contributed by atoms with van der Waals surface area (Å²) in [6, 6.07) is 4.27. The number of aromatic nitrogens is 3. The number of fused-ring (bicyclic) bond motifs is 1. The minimum absolute atomic E-state index is 0.0198. The fourth-order valence-corrected chi connectivity index (χ4v) is 6.48. The Kier molecular flexibility index (Phi) is 6.18. The van der Waals surface area contributed by atoms with E-state index in [-0.39, 0.29) is 40.2 Å². The number of hydrogen-bond donors (Lipinski definition) is 1. The lowest BCUT2D eigenvalue weighted by molar-refractivity contribution is -0.145. The van der Waals surface area contributed by atoms with Gasteiger partial charge in [0.1, 0.15) is 17.7 Å². The van der Waals surface area contributed by atoms with Crippen LogP contribution in [-0.4, -0.2) is 45.7 Å². The number of benzene rings is 1. The Bertz CT molecular complexity index is 1440. The average molecular weight is 539 g/mol. The first-order chi connectivity index (χ1) is 17.4. The molecule has 2 aliphatic heterocycles. The third-order valence-electron chi connectivity index (χ3n) is 6.46. The molecular weight excluding hydrogens is 521 g/mol. The molecule has 1 atom stereocenters. The van der Waals surface area contributed by atoms with Gasteiger partial charge in [-0.05, 0) is 49.1 Å². The lowest BCUT2D eigenvalue weighted by Gasteiger charge is -2.25. The van der Waals surface area contributed by atoms with Gasteiger partial charge in [-0.3, -0.25) is 9.78 Å². The maximum absolute atomic E-state index is 14.3. The van der Waals surface area contributed by atoms with Crippen molar-refractivity contribution in [1.29, 1.82) is 0 Å². The molecule has 1 aliphatic carbocycles. The zero-order valence-electron chi connectivity index (χ0n) is 18.8. The van der Waals surface area contributed by atoms with Crippen LogP contribution in [0.4, 0.5) is 22.0 Å². The minimum Gasteiger partial charge on any atom is -0.349 e. The van der Waals surface area contributed by atoms with Crippen molar-refractivity contribution in [2.45, 2.75) is 42.5 Å². The van der Waals surface area contributed by atoms with Crippen molar-refractivity contribution in [1.82, 2.24) is 24.6 Å². The number of pyridine rings is 1. The molecule has 1 saturated carbocycles. The molecule has 3 aromatic rings. The number of nitrogens with zero attached hydrogens (tertiary/aromatic N) is 4. The van der Waals surface area contributed by atoms with Crippen molar-refractivity contribution in [2.24, 2.45) is 5.92 Å². The Morgan fingerprint density at radius 1 is 1.03 bits per heavy atom. The Hall–Kier alpha value is -3.52. The highest BCUT2D eigenvalue weighted by atomic mass is 32.2. The van der Waals surface area contributed by atoms with Gasteiger partial charge in [0, 0.05) is 29.6 Å². The number of carbonyl (C=O) groups is 1. The van der Waals surface area contributed by atoms with Crippen LogP contribution in [0, 0.1) is 17.6 Å². The van der Waals surface area contributed by atoms with E-state index in [0.29, 0.717) is 12.8 Å². The topological polar surface area (TPSA) is 105 Å². The highest BCUT2D eigenvalue weighted by molar-refractivity contribution is 7.89. The second kappa shape index (κ2) is 9.10. The van der Waals surface area contributed by atoms with Crippen LogP contribution in [0.15, 0.2) is 53.8 Å².